The number of para-hydroxylation sites is 1. The number of nitrogens with one attached hydrogen (secondary N) is 2. The Kier molecular flexibility index (Phi) is 5.86. The van der Waals surface area contributed by atoms with Gasteiger partial charge in [0.25, 0.3) is 11.5 Å². The van der Waals surface area contributed by atoms with Gasteiger partial charge in [-0.25, -0.2) is 4.98 Å². The van der Waals surface area contributed by atoms with E-state index in [-0.39, 0.29) is 23.4 Å². The number of carbonyl (C=O) groups is 2. The van der Waals surface area contributed by atoms with Gasteiger partial charge >= 0.3 is 6.18 Å². The lowest BCUT2D eigenvalue weighted by atomic mass is 10.1. The van der Waals surface area contributed by atoms with Gasteiger partial charge in [0, 0.05) is 11.3 Å². The summed E-state index contributed by atoms with van der Waals surface area (Å²) < 4.78 is 37.9. The molecule has 3 rings (SSSR count). The number of fused-ring (bicyclic) bond motifs is 1. The number of rotatable bonds is 5. The van der Waals surface area contributed by atoms with Crippen molar-refractivity contribution in [1.29, 1.82) is 0 Å². The minimum Gasteiger partial charge on any atom is -0.343 e. The smallest absolute Gasteiger partial charge is 0.343 e. The minimum absolute atomic E-state index is 0.0444. The normalized spacial score (nSPS) is 11.3. The molecule has 0 aliphatic carbocycles. The van der Waals surface area contributed by atoms with Crippen molar-refractivity contribution in [3.8, 4) is 0 Å². The maximum Gasteiger partial charge on any atom is 0.405 e. The Balaban J connectivity index is 1.71. The molecule has 2 amide bonds. The molecule has 3 aromatic rings. The number of alkyl halides is 3. The van der Waals surface area contributed by atoms with Crippen LogP contribution in [0.4, 0.5) is 18.9 Å². The van der Waals surface area contributed by atoms with E-state index in [9.17, 15) is 27.6 Å². The highest BCUT2D eigenvalue weighted by molar-refractivity contribution is 5.97. The fourth-order valence-corrected chi connectivity index (χ4v) is 2.83. The molecule has 10 heteroatoms. The zero-order chi connectivity index (χ0) is 21.9. The summed E-state index contributed by atoms with van der Waals surface area (Å²) in [5.74, 6) is -1.48. The van der Waals surface area contributed by atoms with Crippen LogP contribution in [0.5, 0.6) is 0 Å². The molecule has 0 aliphatic rings. The van der Waals surface area contributed by atoms with Gasteiger partial charge < -0.3 is 10.6 Å². The number of carbonyl (C=O) groups excluding carboxylic acids is 2. The third kappa shape index (κ3) is 5.02. The van der Waals surface area contributed by atoms with E-state index >= 15 is 0 Å². The molecule has 0 radical (unpaired) electrons. The summed E-state index contributed by atoms with van der Waals surface area (Å²) in [5, 5.41) is 4.66. The van der Waals surface area contributed by atoms with Crippen molar-refractivity contribution < 1.29 is 22.8 Å². The molecule has 0 atom stereocenters. The molecular formula is C20H17F3N4O3. The van der Waals surface area contributed by atoms with Gasteiger partial charge in [-0.1, -0.05) is 18.2 Å². The molecule has 1 aromatic heterocycles. The van der Waals surface area contributed by atoms with Gasteiger partial charge in [0.2, 0.25) is 5.91 Å². The van der Waals surface area contributed by atoms with Crippen molar-refractivity contribution in [2.45, 2.75) is 19.6 Å². The van der Waals surface area contributed by atoms with Crippen LogP contribution in [0.25, 0.3) is 10.9 Å². The molecule has 2 aromatic carbocycles. The van der Waals surface area contributed by atoms with Gasteiger partial charge in [0.05, 0.1) is 17.2 Å². The van der Waals surface area contributed by atoms with Crippen LogP contribution in [0, 0.1) is 6.92 Å². The second-order valence-corrected chi connectivity index (χ2v) is 6.58. The molecule has 2 N–H and O–H groups in total. The number of nitrogens with zero attached hydrogens (tertiary/aromatic N) is 2. The highest BCUT2D eigenvalue weighted by Gasteiger charge is 2.27. The first-order valence-electron chi connectivity index (χ1n) is 8.84. The Hall–Kier alpha value is -3.69. The number of benzene rings is 2. The number of anilines is 1. The highest BCUT2D eigenvalue weighted by atomic mass is 19.4. The Morgan fingerprint density at radius 1 is 1.13 bits per heavy atom. The fraction of sp³-hybridized carbons (Fsp3) is 0.200. The number of aromatic nitrogens is 2. The van der Waals surface area contributed by atoms with Crippen LogP contribution in [0.15, 0.2) is 53.6 Å². The van der Waals surface area contributed by atoms with Crippen molar-refractivity contribution in [1.82, 2.24) is 14.9 Å². The molecule has 0 saturated carbocycles. The summed E-state index contributed by atoms with van der Waals surface area (Å²) in [5.41, 5.74) is 1.17. The van der Waals surface area contributed by atoms with Gasteiger partial charge in [-0.3, -0.25) is 19.0 Å². The zero-order valence-electron chi connectivity index (χ0n) is 15.8. The van der Waals surface area contributed by atoms with Crippen LogP contribution in [0.1, 0.15) is 15.9 Å². The second-order valence-electron chi connectivity index (χ2n) is 6.58. The third-order valence-corrected chi connectivity index (χ3v) is 4.23. The van der Waals surface area contributed by atoms with Crippen molar-refractivity contribution in [3.05, 3.63) is 70.3 Å². The predicted octanol–water partition coefficient (Wildman–Crippen LogP) is 2.64. The van der Waals surface area contributed by atoms with Crippen molar-refractivity contribution >= 4 is 28.4 Å². The molecule has 30 heavy (non-hydrogen) atoms. The van der Waals surface area contributed by atoms with Crippen LogP contribution in [-0.4, -0.2) is 34.1 Å². The molecule has 0 unspecified atom stereocenters. The lowest BCUT2D eigenvalue weighted by molar-refractivity contribution is -0.123. The summed E-state index contributed by atoms with van der Waals surface area (Å²) >= 11 is 0. The molecule has 1 heterocycles. The van der Waals surface area contributed by atoms with Gasteiger partial charge in [-0.05, 0) is 36.8 Å². The lowest BCUT2D eigenvalue weighted by Crippen LogP contribution is -2.33. The first kappa shape index (κ1) is 21.0. The monoisotopic (exact) mass is 418 g/mol. The Labute approximate surface area is 168 Å². The minimum atomic E-state index is -4.53. The standard InChI is InChI=1S/C20H17F3N4O3/c1-12-4-2-7-15-17(12)25-11-27(19(15)30)9-16(28)26-14-6-3-5-13(8-14)18(29)24-10-20(21,22)23/h2-8,11H,9-10H2,1H3,(H,24,29)(H,26,28). The van der Waals surface area contributed by atoms with Gasteiger partial charge in [-0.15, -0.1) is 0 Å². The van der Waals surface area contributed by atoms with E-state index in [1.807, 2.05) is 13.0 Å². The quantitative estimate of drug-likeness (QED) is 0.666. The molecule has 0 fully saturated rings. The lowest BCUT2D eigenvalue weighted by Gasteiger charge is -2.11. The molecule has 0 saturated heterocycles. The maximum atomic E-state index is 12.6. The van der Waals surface area contributed by atoms with E-state index < -0.39 is 24.5 Å². The molecular weight excluding hydrogens is 401 g/mol. The summed E-state index contributed by atoms with van der Waals surface area (Å²) in [6.45, 7) is 0.0453. The summed E-state index contributed by atoms with van der Waals surface area (Å²) in [7, 11) is 0. The fourth-order valence-electron chi connectivity index (χ4n) is 2.83. The molecule has 0 spiro atoms. The van der Waals surface area contributed by atoms with E-state index in [0.29, 0.717) is 10.9 Å². The molecule has 0 aliphatic heterocycles. The van der Waals surface area contributed by atoms with Gasteiger partial charge in [0.15, 0.2) is 0 Å². The van der Waals surface area contributed by atoms with Crippen LogP contribution < -0.4 is 16.2 Å². The average Bonchev–Trinajstić information content (AvgIpc) is 2.68. The van der Waals surface area contributed by atoms with E-state index in [1.54, 1.807) is 17.4 Å². The maximum absolute atomic E-state index is 12.6. The zero-order valence-corrected chi connectivity index (χ0v) is 15.8. The number of amides is 2. The van der Waals surface area contributed by atoms with Gasteiger partial charge in [0.1, 0.15) is 13.1 Å². The van der Waals surface area contributed by atoms with Crippen LogP contribution in [-0.2, 0) is 11.3 Å². The topological polar surface area (TPSA) is 93.1 Å². The van der Waals surface area contributed by atoms with E-state index in [2.05, 4.69) is 10.3 Å². The Bertz CT molecular complexity index is 1170. The third-order valence-electron chi connectivity index (χ3n) is 4.23. The first-order chi connectivity index (χ1) is 14.1. The number of hydrogen-bond acceptors (Lipinski definition) is 4. The van der Waals surface area contributed by atoms with Crippen LogP contribution >= 0.6 is 0 Å². The first-order valence-corrected chi connectivity index (χ1v) is 8.84. The summed E-state index contributed by atoms with van der Waals surface area (Å²) in [6.07, 6.45) is -3.25. The van der Waals surface area contributed by atoms with Crippen LogP contribution in [0.2, 0.25) is 0 Å². The molecule has 7 nitrogen and oxygen atoms in total. The number of halogens is 3. The van der Waals surface area contributed by atoms with Crippen molar-refractivity contribution in [3.63, 3.8) is 0 Å². The largest absolute Gasteiger partial charge is 0.405 e. The number of aryl methyl sites for hydroxylation is 1. The number of hydrogen-bond donors (Lipinski definition) is 2. The van der Waals surface area contributed by atoms with E-state index in [1.165, 1.54) is 30.6 Å². The molecule has 0 bridgehead atoms. The Morgan fingerprint density at radius 2 is 1.87 bits per heavy atom. The highest BCUT2D eigenvalue weighted by Crippen LogP contribution is 2.15. The van der Waals surface area contributed by atoms with E-state index in [4.69, 9.17) is 0 Å². The molecule has 156 valence electrons. The van der Waals surface area contributed by atoms with E-state index in [0.717, 1.165) is 10.1 Å². The Morgan fingerprint density at radius 3 is 2.60 bits per heavy atom. The van der Waals surface area contributed by atoms with Crippen molar-refractivity contribution in [2.75, 3.05) is 11.9 Å². The van der Waals surface area contributed by atoms with Crippen LogP contribution in [0.3, 0.4) is 0 Å². The summed E-state index contributed by atoms with van der Waals surface area (Å²) in [6, 6.07) is 10.6. The SMILES string of the molecule is Cc1cccc2c(=O)n(CC(=O)Nc3cccc(C(=O)NCC(F)(F)F)c3)cnc12. The average molecular weight is 418 g/mol. The summed E-state index contributed by atoms with van der Waals surface area (Å²) in [4.78, 5) is 40.9. The predicted molar refractivity (Wildman–Crippen MR) is 104 cm³/mol. The van der Waals surface area contributed by atoms with Crippen molar-refractivity contribution in [2.24, 2.45) is 0 Å². The van der Waals surface area contributed by atoms with Gasteiger partial charge in [-0.2, -0.15) is 13.2 Å². The second kappa shape index (κ2) is 8.36.